The normalized spacial score (nSPS) is 20.0. The van der Waals surface area contributed by atoms with Crippen molar-refractivity contribution in [2.45, 2.75) is 19.3 Å². The molecule has 1 aromatic heterocycles. The van der Waals surface area contributed by atoms with Crippen LogP contribution in [0.4, 0.5) is 5.95 Å². The molecule has 0 spiro atoms. The number of likely N-dealkylation sites (tertiary alicyclic amines) is 1. The van der Waals surface area contributed by atoms with Crippen LogP contribution in [0.5, 0.6) is 0 Å². The number of carbonyl (C=O) groups is 1. The molecule has 0 bridgehead atoms. The van der Waals surface area contributed by atoms with Gasteiger partial charge in [-0.1, -0.05) is 0 Å². The minimum absolute atomic E-state index is 0.288. The number of rotatable bonds is 4. The highest BCUT2D eigenvalue weighted by molar-refractivity contribution is 5.76. The van der Waals surface area contributed by atoms with Gasteiger partial charge in [-0.05, 0) is 32.0 Å². The van der Waals surface area contributed by atoms with Crippen LogP contribution in [0.1, 0.15) is 19.3 Å². The third-order valence-corrected chi connectivity index (χ3v) is 4.31. The van der Waals surface area contributed by atoms with Crippen LogP contribution in [0.2, 0.25) is 0 Å². The van der Waals surface area contributed by atoms with Gasteiger partial charge in [-0.3, -0.25) is 4.79 Å². The number of nitrogens with zero attached hydrogens (tertiary/aromatic N) is 5. The van der Waals surface area contributed by atoms with Crippen LogP contribution in [-0.4, -0.2) is 71.5 Å². The molecule has 0 saturated carbocycles. The SMILES string of the molecule is O=C(CCN1CCCC1)N1CCN(c2ncccn2)CC1. The van der Waals surface area contributed by atoms with Gasteiger partial charge in [-0.2, -0.15) is 0 Å². The summed E-state index contributed by atoms with van der Waals surface area (Å²) in [6, 6.07) is 1.82. The van der Waals surface area contributed by atoms with E-state index in [1.54, 1.807) is 12.4 Å². The first-order valence-corrected chi connectivity index (χ1v) is 7.85. The Bertz CT molecular complexity index is 452. The van der Waals surface area contributed by atoms with Crippen LogP contribution in [0.15, 0.2) is 18.5 Å². The molecule has 3 heterocycles. The number of carbonyl (C=O) groups excluding carboxylic acids is 1. The van der Waals surface area contributed by atoms with E-state index in [4.69, 9.17) is 0 Å². The molecule has 3 rings (SSSR count). The summed E-state index contributed by atoms with van der Waals surface area (Å²) < 4.78 is 0. The molecule has 0 aromatic carbocycles. The van der Waals surface area contributed by atoms with Gasteiger partial charge in [0.2, 0.25) is 11.9 Å². The van der Waals surface area contributed by atoms with Gasteiger partial charge in [0.25, 0.3) is 0 Å². The van der Waals surface area contributed by atoms with Gasteiger partial charge >= 0.3 is 0 Å². The lowest BCUT2D eigenvalue weighted by Gasteiger charge is -2.35. The summed E-state index contributed by atoms with van der Waals surface area (Å²) in [5.41, 5.74) is 0. The molecule has 2 fully saturated rings. The molecule has 0 N–H and O–H groups in total. The molecule has 0 unspecified atom stereocenters. The van der Waals surface area contributed by atoms with Gasteiger partial charge in [0.05, 0.1) is 0 Å². The molecular weight excluding hydrogens is 266 g/mol. The van der Waals surface area contributed by atoms with Gasteiger partial charge < -0.3 is 14.7 Å². The average molecular weight is 289 g/mol. The maximum Gasteiger partial charge on any atom is 0.225 e. The fourth-order valence-corrected chi connectivity index (χ4v) is 3.03. The van der Waals surface area contributed by atoms with Crippen molar-refractivity contribution in [1.29, 1.82) is 0 Å². The van der Waals surface area contributed by atoms with E-state index in [-0.39, 0.29) is 5.91 Å². The molecule has 2 aliphatic heterocycles. The van der Waals surface area contributed by atoms with Crippen LogP contribution >= 0.6 is 0 Å². The summed E-state index contributed by atoms with van der Waals surface area (Å²) in [5, 5.41) is 0. The quantitative estimate of drug-likeness (QED) is 0.813. The standard InChI is InChI=1S/C15H23N5O/c21-14(4-9-18-7-1-2-8-18)19-10-12-20(13-11-19)15-16-5-3-6-17-15/h3,5-6H,1-2,4,7-13H2. The monoisotopic (exact) mass is 289 g/mol. The summed E-state index contributed by atoms with van der Waals surface area (Å²) in [6.07, 6.45) is 6.74. The third kappa shape index (κ3) is 3.69. The number of hydrogen-bond donors (Lipinski definition) is 0. The summed E-state index contributed by atoms with van der Waals surface area (Å²) in [7, 11) is 0. The first kappa shape index (κ1) is 14.3. The molecule has 0 atom stereocenters. The maximum atomic E-state index is 12.2. The topological polar surface area (TPSA) is 52.6 Å². The van der Waals surface area contributed by atoms with E-state index in [9.17, 15) is 4.79 Å². The summed E-state index contributed by atoms with van der Waals surface area (Å²) in [5.74, 6) is 1.05. The van der Waals surface area contributed by atoms with Crippen molar-refractivity contribution in [3.63, 3.8) is 0 Å². The number of amides is 1. The smallest absolute Gasteiger partial charge is 0.225 e. The van der Waals surface area contributed by atoms with E-state index in [1.165, 1.54) is 12.8 Å². The third-order valence-electron chi connectivity index (χ3n) is 4.31. The molecule has 2 saturated heterocycles. The Kier molecular flexibility index (Phi) is 4.65. The predicted octanol–water partition coefficient (Wildman–Crippen LogP) is 0.611. The summed E-state index contributed by atoms with van der Waals surface area (Å²) in [4.78, 5) is 27.3. The molecule has 0 aliphatic carbocycles. The van der Waals surface area contributed by atoms with Crippen LogP contribution < -0.4 is 4.90 Å². The van der Waals surface area contributed by atoms with Gasteiger partial charge in [0.1, 0.15) is 0 Å². The van der Waals surface area contributed by atoms with Crippen molar-refractivity contribution in [1.82, 2.24) is 19.8 Å². The second kappa shape index (κ2) is 6.85. The zero-order chi connectivity index (χ0) is 14.5. The minimum Gasteiger partial charge on any atom is -0.339 e. The first-order valence-electron chi connectivity index (χ1n) is 7.85. The lowest BCUT2D eigenvalue weighted by atomic mass is 10.2. The second-order valence-corrected chi connectivity index (χ2v) is 5.72. The first-order chi connectivity index (χ1) is 10.3. The van der Waals surface area contributed by atoms with Gasteiger partial charge in [0, 0.05) is 51.5 Å². The Balaban J connectivity index is 1.43. The Morgan fingerprint density at radius 2 is 1.67 bits per heavy atom. The Morgan fingerprint density at radius 1 is 1.00 bits per heavy atom. The maximum absolute atomic E-state index is 12.2. The van der Waals surface area contributed by atoms with Crippen molar-refractivity contribution < 1.29 is 4.79 Å². The van der Waals surface area contributed by atoms with E-state index >= 15 is 0 Å². The van der Waals surface area contributed by atoms with Crippen LogP contribution in [-0.2, 0) is 4.79 Å². The Morgan fingerprint density at radius 3 is 2.33 bits per heavy atom. The van der Waals surface area contributed by atoms with Crippen LogP contribution in [0.3, 0.4) is 0 Å². The van der Waals surface area contributed by atoms with E-state index in [1.807, 2.05) is 11.0 Å². The van der Waals surface area contributed by atoms with Gasteiger partial charge in [-0.15, -0.1) is 0 Å². The Hall–Kier alpha value is -1.69. The molecule has 1 aromatic rings. The fraction of sp³-hybridized carbons (Fsp3) is 0.667. The predicted molar refractivity (Wildman–Crippen MR) is 81.1 cm³/mol. The highest BCUT2D eigenvalue weighted by Gasteiger charge is 2.23. The van der Waals surface area contributed by atoms with E-state index in [0.29, 0.717) is 6.42 Å². The molecule has 0 radical (unpaired) electrons. The van der Waals surface area contributed by atoms with Crippen molar-refractivity contribution in [3.8, 4) is 0 Å². The lowest BCUT2D eigenvalue weighted by Crippen LogP contribution is -2.49. The van der Waals surface area contributed by atoms with E-state index in [2.05, 4.69) is 19.8 Å². The number of hydrogen-bond acceptors (Lipinski definition) is 5. The van der Waals surface area contributed by atoms with Crippen molar-refractivity contribution >= 4 is 11.9 Å². The molecule has 2 aliphatic rings. The zero-order valence-electron chi connectivity index (χ0n) is 12.4. The lowest BCUT2D eigenvalue weighted by molar-refractivity contribution is -0.131. The highest BCUT2D eigenvalue weighted by atomic mass is 16.2. The van der Waals surface area contributed by atoms with Crippen molar-refractivity contribution in [2.75, 3.05) is 50.7 Å². The fourth-order valence-electron chi connectivity index (χ4n) is 3.03. The number of piperazine rings is 1. The average Bonchev–Trinajstić information content (AvgIpc) is 3.07. The minimum atomic E-state index is 0.288. The van der Waals surface area contributed by atoms with Gasteiger partial charge in [-0.25, -0.2) is 9.97 Å². The molecule has 6 heteroatoms. The van der Waals surface area contributed by atoms with Crippen LogP contribution in [0, 0.1) is 0 Å². The van der Waals surface area contributed by atoms with Crippen molar-refractivity contribution in [2.24, 2.45) is 0 Å². The second-order valence-electron chi connectivity index (χ2n) is 5.72. The van der Waals surface area contributed by atoms with Crippen LogP contribution in [0.25, 0.3) is 0 Å². The van der Waals surface area contributed by atoms with E-state index in [0.717, 1.165) is 51.8 Å². The van der Waals surface area contributed by atoms with Gasteiger partial charge in [0.15, 0.2) is 0 Å². The number of anilines is 1. The largest absolute Gasteiger partial charge is 0.339 e. The molecule has 1 amide bonds. The highest BCUT2D eigenvalue weighted by Crippen LogP contribution is 2.12. The Labute approximate surface area is 125 Å². The van der Waals surface area contributed by atoms with Crippen molar-refractivity contribution in [3.05, 3.63) is 18.5 Å². The zero-order valence-corrected chi connectivity index (χ0v) is 12.4. The van der Waals surface area contributed by atoms with E-state index < -0.39 is 0 Å². The number of aromatic nitrogens is 2. The molecular formula is C15H23N5O. The molecule has 21 heavy (non-hydrogen) atoms. The molecule has 114 valence electrons. The molecule has 6 nitrogen and oxygen atoms in total. The summed E-state index contributed by atoms with van der Waals surface area (Å²) in [6.45, 7) is 6.42. The summed E-state index contributed by atoms with van der Waals surface area (Å²) >= 11 is 0.